The molecule has 5 heteroatoms. The zero-order valence-electron chi connectivity index (χ0n) is 11.2. The standard InChI is InChI=1S/C14H21N3O2/c1-2-12(10-5-7-16-8-6-10)17-14(18)13-4-3-11(9-15)19-13/h5-8,11-13H,2-4,9,15H2,1H3,(H,17,18)/t11-,12?,13+/m1/s1. The fourth-order valence-electron chi connectivity index (χ4n) is 2.35. The normalized spacial score (nSPS) is 24.1. The van der Waals surface area contributed by atoms with Gasteiger partial charge in [0.25, 0.3) is 0 Å². The Morgan fingerprint density at radius 3 is 2.84 bits per heavy atom. The molecule has 0 spiro atoms. The third-order valence-corrected chi connectivity index (χ3v) is 3.50. The Labute approximate surface area is 113 Å². The van der Waals surface area contributed by atoms with Gasteiger partial charge < -0.3 is 15.8 Å². The highest BCUT2D eigenvalue weighted by molar-refractivity contribution is 5.81. The fourth-order valence-corrected chi connectivity index (χ4v) is 2.35. The van der Waals surface area contributed by atoms with Crippen LogP contribution < -0.4 is 11.1 Å². The van der Waals surface area contributed by atoms with Crippen molar-refractivity contribution in [2.24, 2.45) is 5.73 Å². The van der Waals surface area contributed by atoms with Crippen LogP contribution in [-0.4, -0.2) is 29.6 Å². The third kappa shape index (κ3) is 3.52. The van der Waals surface area contributed by atoms with Crippen molar-refractivity contribution in [2.75, 3.05) is 6.54 Å². The van der Waals surface area contributed by atoms with Gasteiger partial charge in [-0.2, -0.15) is 0 Å². The number of nitrogens with one attached hydrogen (secondary N) is 1. The van der Waals surface area contributed by atoms with E-state index in [0.29, 0.717) is 6.54 Å². The van der Waals surface area contributed by atoms with Crippen LogP contribution >= 0.6 is 0 Å². The van der Waals surface area contributed by atoms with Crippen LogP contribution in [0.15, 0.2) is 24.5 Å². The molecule has 19 heavy (non-hydrogen) atoms. The van der Waals surface area contributed by atoms with Crippen LogP contribution in [-0.2, 0) is 9.53 Å². The molecule has 1 unspecified atom stereocenters. The molecule has 1 aromatic rings. The second-order valence-corrected chi connectivity index (χ2v) is 4.81. The average Bonchev–Trinajstić information content (AvgIpc) is 2.94. The van der Waals surface area contributed by atoms with Crippen LogP contribution in [0.4, 0.5) is 0 Å². The fraction of sp³-hybridized carbons (Fsp3) is 0.571. The first-order valence-electron chi connectivity index (χ1n) is 6.80. The largest absolute Gasteiger partial charge is 0.364 e. The predicted molar refractivity (Wildman–Crippen MR) is 72.4 cm³/mol. The van der Waals surface area contributed by atoms with Crippen LogP contribution in [0.2, 0.25) is 0 Å². The molecule has 1 amide bonds. The summed E-state index contributed by atoms with van der Waals surface area (Å²) in [6, 6.07) is 3.86. The summed E-state index contributed by atoms with van der Waals surface area (Å²) in [6.45, 7) is 2.52. The van der Waals surface area contributed by atoms with E-state index in [1.165, 1.54) is 0 Å². The van der Waals surface area contributed by atoms with Crippen molar-refractivity contribution in [1.29, 1.82) is 0 Å². The van der Waals surface area contributed by atoms with Crippen molar-refractivity contribution in [3.05, 3.63) is 30.1 Å². The van der Waals surface area contributed by atoms with Gasteiger partial charge in [0, 0.05) is 18.9 Å². The Balaban J connectivity index is 1.94. The lowest BCUT2D eigenvalue weighted by Crippen LogP contribution is -2.37. The summed E-state index contributed by atoms with van der Waals surface area (Å²) in [5.41, 5.74) is 6.62. The first-order chi connectivity index (χ1) is 9.24. The highest BCUT2D eigenvalue weighted by Crippen LogP contribution is 2.21. The van der Waals surface area contributed by atoms with Crippen LogP contribution in [0.3, 0.4) is 0 Å². The van der Waals surface area contributed by atoms with Gasteiger partial charge >= 0.3 is 0 Å². The number of carbonyl (C=O) groups is 1. The molecule has 3 atom stereocenters. The molecule has 0 aliphatic carbocycles. The SMILES string of the molecule is CCC(NC(=O)[C@@H]1CC[C@H](CN)O1)c1ccncc1. The van der Waals surface area contributed by atoms with Gasteiger partial charge in [-0.3, -0.25) is 9.78 Å². The van der Waals surface area contributed by atoms with Crippen LogP contribution in [0.1, 0.15) is 37.8 Å². The van der Waals surface area contributed by atoms with Gasteiger partial charge in [0.05, 0.1) is 12.1 Å². The van der Waals surface area contributed by atoms with Gasteiger partial charge in [0.2, 0.25) is 5.91 Å². The molecular weight excluding hydrogens is 242 g/mol. The first-order valence-corrected chi connectivity index (χ1v) is 6.80. The minimum atomic E-state index is -0.357. The summed E-state index contributed by atoms with van der Waals surface area (Å²) in [5, 5.41) is 3.04. The van der Waals surface area contributed by atoms with Crippen molar-refractivity contribution < 1.29 is 9.53 Å². The Bertz CT molecular complexity index is 410. The number of hydrogen-bond donors (Lipinski definition) is 2. The minimum absolute atomic E-state index is 0.0102. The topological polar surface area (TPSA) is 77.2 Å². The maximum Gasteiger partial charge on any atom is 0.249 e. The molecule has 5 nitrogen and oxygen atoms in total. The van der Waals surface area contributed by atoms with Crippen molar-refractivity contribution in [1.82, 2.24) is 10.3 Å². The monoisotopic (exact) mass is 263 g/mol. The van der Waals surface area contributed by atoms with E-state index in [4.69, 9.17) is 10.5 Å². The Kier molecular flexibility index (Phi) is 4.87. The summed E-state index contributed by atoms with van der Waals surface area (Å²) in [4.78, 5) is 16.1. The van der Waals surface area contributed by atoms with Gasteiger partial charge in [-0.1, -0.05) is 6.92 Å². The summed E-state index contributed by atoms with van der Waals surface area (Å²) < 4.78 is 5.60. The summed E-state index contributed by atoms with van der Waals surface area (Å²) in [6.07, 6.45) is 5.59. The minimum Gasteiger partial charge on any atom is -0.364 e. The smallest absolute Gasteiger partial charge is 0.249 e. The molecule has 2 heterocycles. The molecule has 1 fully saturated rings. The Morgan fingerprint density at radius 2 is 2.26 bits per heavy atom. The second-order valence-electron chi connectivity index (χ2n) is 4.81. The molecule has 104 valence electrons. The third-order valence-electron chi connectivity index (χ3n) is 3.50. The number of amides is 1. The summed E-state index contributed by atoms with van der Waals surface area (Å²) in [5.74, 6) is -0.0420. The number of carbonyl (C=O) groups excluding carboxylic acids is 1. The van der Waals surface area contributed by atoms with Gasteiger partial charge in [0.1, 0.15) is 6.10 Å². The van der Waals surface area contributed by atoms with Crippen molar-refractivity contribution >= 4 is 5.91 Å². The highest BCUT2D eigenvalue weighted by atomic mass is 16.5. The number of ether oxygens (including phenoxy) is 1. The van der Waals surface area contributed by atoms with Crippen molar-refractivity contribution in [2.45, 2.75) is 44.4 Å². The zero-order valence-corrected chi connectivity index (χ0v) is 11.2. The number of nitrogens with two attached hydrogens (primary N) is 1. The Morgan fingerprint density at radius 1 is 1.53 bits per heavy atom. The molecule has 1 saturated heterocycles. The zero-order chi connectivity index (χ0) is 13.7. The van der Waals surface area contributed by atoms with Crippen LogP contribution in [0.25, 0.3) is 0 Å². The highest BCUT2D eigenvalue weighted by Gasteiger charge is 2.30. The number of pyridine rings is 1. The lowest BCUT2D eigenvalue weighted by atomic mass is 10.1. The maximum absolute atomic E-state index is 12.2. The number of nitrogens with zero attached hydrogens (tertiary/aromatic N) is 1. The van der Waals surface area contributed by atoms with E-state index < -0.39 is 0 Å². The lowest BCUT2D eigenvalue weighted by molar-refractivity contribution is -0.132. The van der Waals surface area contributed by atoms with Crippen LogP contribution in [0, 0.1) is 0 Å². The van der Waals surface area contributed by atoms with E-state index in [2.05, 4.69) is 10.3 Å². The molecule has 0 aromatic carbocycles. The molecule has 0 saturated carbocycles. The van der Waals surface area contributed by atoms with E-state index in [1.54, 1.807) is 12.4 Å². The van der Waals surface area contributed by atoms with Gasteiger partial charge in [0.15, 0.2) is 0 Å². The summed E-state index contributed by atoms with van der Waals surface area (Å²) in [7, 11) is 0. The van der Waals surface area contributed by atoms with Gasteiger partial charge in [-0.25, -0.2) is 0 Å². The molecule has 0 bridgehead atoms. The first kappa shape index (κ1) is 14.0. The van der Waals surface area contributed by atoms with Crippen molar-refractivity contribution in [3.8, 4) is 0 Å². The van der Waals surface area contributed by atoms with Crippen molar-refractivity contribution in [3.63, 3.8) is 0 Å². The Hall–Kier alpha value is -1.46. The number of aromatic nitrogens is 1. The average molecular weight is 263 g/mol. The second kappa shape index (κ2) is 6.63. The van der Waals surface area contributed by atoms with Gasteiger partial charge in [-0.15, -0.1) is 0 Å². The number of hydrogen-bond acceptors (Lipinski definition) is 4. The molecule has 3 N–H and O–H groups in total. The molecular formula is C14H21N3O2. The van der Waals surface area contributed by atoms with E-state index in [0.717, 1.165) is 24.8 Å². The lowest BCUT2D eigenvalue weighted by Gasteiger charge is -2.20. The molecule has 1 aromatic heterocycles. The van der Waals surface area contributed by atoms with Gasteiger partial charge in [-0.05, 0) is 37.0 Å². The molecule has 0 radical (unpaired) electrons. The molecule has 1 aliphatic heterocycles. The molecule has 2 rings (SSSR count). The summed E-state index contributed by atoms with van der Waals surface area (Å²) >= 11 is 0. The van der Waals surface area contributed by atoms with E-state index in [1.807, 2.05) is 19.1 Å². The maximum atomic E-state index is 12.2. The van der Waals surface area contributed by atoms with E-state index >= 15 is 0 Å². The van der Waals surface area contributed by atoms with E-state index in [-0.39, 0.29) is 24.2 Å². The number of rotatable bonds is 5. The molecule has 1 aliphatic rings. The van der Waals surface area contributed by atoms with Crippen LogP contribution in [0.5, 0.6) is 0 Å². The quantitative estimate of drug-likeness (QED) is 0.835. The predicted octanol–water partition coefficient (Wildman–Crippen LogP) is 1.16. The van der Waals surface area contributed by atoms with E-state index in [9.17, 15) is 4.79 Å².